The van der Waals surface area contributed by atoms with Gasteiger partial charge in [0.15, 0.2) is 11.5 Å². The van der Waals surface area contributed by atoms with Crippen LogP contribution in [0.25, 0.3) is 0 Å². The van der Waals surface area contributed by atoms with Crippen LogP contribution in [0.5, 0.6) is 17.2 Å². The van der Waals surface area contributed by atoms with Crippen LogP contribution in [0.3, 0.4) is 0 Å². The Morgan fingerprint density at radius 1 is 1.16 bits per heavy atom. The van der Waals surface area contributed by atoms with Gasteiger partial charge in [0.05, 0.1) is 19.4 Å². The van der Waals surface area contributed by atoms with Crippen LogP contribution in [-0.2, 0) is 30.5 Å². The maximum atomic E-state index is 13.1. The average molecular weight is 446 g/mol. The van der Waals surface area contributed by atoms with Gasteiger partial charge in [-0.2, -0.15) is 8.78 Å². The van der Waals surface area contributed by atoms with Gasteiger partial charge in [-0.25, -0.2) is 0 Å². The molecule has 1 N–H and O–H groups in total. The number of hydrogen-bond donors (Lipinski definition) is 1. The molecule has 2 aromatic rings. The molecular formula is C25H29F2NO4. The van der Waals surface area contributed by atoms with E-state index in [4.69, 9.17) is 14.2 Å². The van der Waals surface area contributed by atoms with Crippen molar-refractivity contribution in [3.8, 4) is 17.2 Å². The minimum atomic E-state index is -2.99. The quantitative estimate of drug-likeness (QED) is 0.492. The first kappa shape index (κ1) is 23.6. The maximum absolute atomic E-state index is 13.1. The van der Waals surface area contributed by atoms with Gasteiger partial charge < -0.3 is 19.5 Å². The molecule has 0 atom stereocenters. The fourth-order valence-corrected chi connectivity index (χ4v) is 4.15. The Morgan fingerprint density at radius 3 is 2.62 bits per heavy atom. The second kappa shape index (κ2) is 11.0. The predicted molar refractivity (Wildman–Crippen MR) is 120 cm³/mol. The van der Waals surface area contributed by atoms with Crippen molar-refractivity contribution in [3.63, 3.8) is 0 Å². The molecule has 32 heavy (non-hydrogen) atoms. The molecule has 0 radical (unpaired) electrons. The first-order valence-corrected chi connectivity index (χ1v) is 10.8. The molecule has 1 aliphatic rings. The summed E-state index contributed by atoms with van der Waals surface area (Å²) in [5.41, 5.74) is 4.26. The summed E-state index contributed by atoms with van der Waals surface area (Å²) in [5.74, 6) is 0.837. The number of amides is 1. The Kier molecular flexibility index (Phi) is 8.09. The lowest BCUT2D eigenvalue weighted by molar-refractivity contribution is -0.112. The van der Waals surface area contributed by atoms with Gasteiger partial charge in [-0.05, 0) is 92.0 Å². The zero-order valence-electron chi connectivity index (χ0n) is 18.5. The van der Waals surface area contributed by atoms with Gasteiger partial charge in [-0.1, -0.05) is 12.6 Å². The molecule has 1 amide bonds. The number of ether oxygens (including phenoxy) is 3. The Bertz CT molecular complexity index is 975. The number of fused-ring (bicyclic) bond motifs is 1. The number of anilines is 1. The summed E-state index contributed by atoms with van der Waals surface area (Å²) in [6.07, 6.45) is 5.94. The predicted octanol–water partition coefficient (Wildman–Crippen LogP) is 5.48. The number of aryl methyl sites for hydroxylation is 2. The van der Waals surface area contributed by atoms with Crippen molar-refractivity contribution in [1.82, 2.24) is 0 Å². The zero-order chi connectivity index (χ0) is 23.1. The molecule has 0 spiro atoms. The minimum absolute atomic E-state index is 0.00409. The molecule has 3 rings (SSSR count). The largest absolute Gasteiger partial charge is 0.493 e. The first-order valence-electron chi connectivity index (χ1n) is 10.8. The second-order valence-electron chi connectivity index (χ2n) is 7.56. The molecule has 0 fully saturated rings. The molecule has 2 aromatic carbocycles. The van der Waals surface area contributed by atoms with Crippen LogP contribution in [0.2, 0.25) is 0 Å². The van der Waals surface area contributed by atoms with Gasteiger partial charge in [-0.3, -0.25) is 4.79 Å². The molecule has 7 heteroatoms. The Hall–Kier alpha value is -3.09. The lowest BCUT2D eigenvalue weighted by atomic mass is 9.85. The summed E-state index contributed by atoms with van der Waals surface area (Å²) >= 11 is 0. The summed E-state index contributed by atoms with van der Waals surface area (Å²) in [7, 11) is 1.59. The minimum Gasteiger partial charge on any atom is -0.493 e. The average Bonchev–Trinajstić information content (AvgIpc) is 2.78. The van der Waals surface area contributed by atoms with E-state index in [2.05, 4.69) is 11.9 Å². The highest BCUT2D eigenvalue weighted by Crippen LogP contribution is 2.39. The van der Waals surface area contributed by atoms with Gasteiger partial charge in [0.25, 0.3) is 0 Å². The monoisotopic (exact) mass is 445 g/mol. The van der Waals surface area contributed by atoms with Crippen LogP contribution < -0.4 is 19.5 Å². The molecule has 0 aromatic heterocycles. The number of benzene rings is 2. The van der Waals surface area contributed by atoms with E-state index < -0.39 is 12.5 Å². The van der Waals surface area contributed by atoms with Crippen molar-refractivity contribution >= 4 is 11.6 Å². The van der Waals surface area contributed by atoms with Crippen molar-refractivity contribution < 1.29 is 27.8 Å². The summed E-state index contributed by atoms with van der Waals surface area (Å²) < 4.78 is 42.1. The first-order chi connectivity index (χ1) is 15.5. The number of carbonyl (C=O) groups excluding carboxylic acids is 1. The topological polar surface area (TPSA) is 56.8 Å². The Balaban J connectivity index is 2.00. The number of carbonyl (C=O) groups is 1. The SMILES string of the molecule is C=CC(=O)Nc1c(OC(F)F)cc2c(c1CCc1ccc(OC)c(OCC)c1)CCCC2. The molecule has 0 saturated heterocycles. The standard InChI is InChI=1S/C25H29F2NO4/c1-4-23(29)28-24-19(12-10-16-11-13-20(30-3)21(14-16)31-5-2)18-9-7-6-8-17(18)15-22(24)32-25(26)27/h4,11,13-15,25H,1,5-10,12H2,2-3H3,(H,28,29). The second-order valence-corrected chi connectivity index (χ2v) is 7.56. The highest BCUT2D eigenvalue weighted by atomic mass is 19.3. The van der Waals surface area contributed by atoms with Crippen molar-refractivity contribution in [3.05, 3.63) is 59.2 Å². The third-order valence-electron chi connectivity index (χ3n) is 5.57. The van der Waals surface area contributed by atoms with E-state index in [0.717, 1.165) is 54.0 Å². The van der Waals surface area contributed by atoms with E-state index in [1.165, 1.54) is 0 Å². The summed E-state index contributed by atoms with van der Waals surface area (Å²) in [4.78, 5) is 12.1. The molecular weight excluding hydrogens is 416 g/mol. The summed E-state index contributed by atoms with van der Waals surface area (Å²) in [5, 5.41) is 2.71. The van der Waals surface area contributed by atoms with Gasteiger partial charge in [0.1, 0.15) is 5.75 Å². The molecule has 1 aliphatic carbocycles. The van der Waals surface area contributed by atoms with E-state index >= 15 is 0 Å². The molecule has 172 valence electrons. The Labute approximate surface area is 187 Å². The lowest BCUT2D eigenvalue weighted by Crippen LogP contribution is -2.17. The van der Waals surface area contributed by atoms with Crippen LogP contribution in [-0.4, -0.2) is 26.2 Å². The number of halogens is 2. The van der Waals surface area contributed by atoms with Crippen LogP contribution >= 0.6 is 0 Å². The fraction of sp³-hybridized carbons (Fsp3) is 0.400. The summed E-state index contributed by atoms with van der Waals surface area (Å²) in [6.45, 7) is 2.90. The molecule has 0 aliphatic heterocycles. The lowest BCUT2D eigenvalue weighted by Gasteiger charge is -2.25. The molecule has 0 unspecified atom stereocenters. The normalized spacial score (nSPS) is 12.8. The van der Waals surface area contributed by atoms with Gasteiger partial charge >= 0.3 is 6.61 Å². The van der Waals surface area contributed by atoms with Crippen molar-refractivity contribution in [2.75, 3.05) is 19.0 Å². The van der Waals surface area contributed by atoms with Crippen molar-refractivity contribution in [2.24, 2.45) is 0 Å². The third-order valence-corrected chi connectivity index (χ3v) is 5.57. The molecule has 0 bridgehead atoms. The van der Waals surface area contributed by atoms with E-state index in [9.17, 15) is 13.6 Å². The molecule has 0 saturated carbocycles. The smallest absolute Gasteiger partial charge is 0.387 e. The number of rotatable bonds is 10. The highest BCUT2D eigenvalue weighted by Gasteiger charge is 2.23. The summed E-state index contributed by atoms with van der Waals surface area (Å²) in [6, 6.07) is 7.38. The number of hydrogen-bond acceptors (Lipinski definition) is 4. The van der Waals surface area contributed by atoms with E-state index in [-0.39, 0.29) is 5.75 Å². The van der Waals surface area contributed by atoms with Crippen molar-refractivity contribution in [2.45, 2.75) is 52.1 Å². The van der Waals surface area contributed by atoms with Crippen LogP contribution in [0.15, 0.2) is 36.9 Å². The maximum Gasteiger partial charge on any atom is 0.387 e. The van der Waals surface area contributed by atoms with E-state index in [0.29, 0.717) is 36.6 Å². The number of alkyl halides is 2. The Morgan fingerprint density at radius 2 is 1.94 bits per heavy atom. The molecule has 0 heterocycles. The number of methoxy groups -OCH3 is 1. The fourth-order valence-electron chi connectivity index (χ4n) is 4.15. The highest BCUT2D eigenvalue weighted by molar-refractivity contribution is 6.00. The van der Waals surface area contributed by atoms with Crippen LogP contribution in [0.1, 0.15) is 42.0 Å². The van der Waals surface area contributed by atoms with E-state index in [1.807, 2.05) is 25.1 Å². The zero-order valence-corrected chi connectivity index (χ0v) is 18.5. The third kappa shape index (κ3) is 5.58. The molecule has 5 nitrogen and oxygen atoms in total. The van der Waals surface area contributed by atoms with Crippen LogP contribution in [0, 0.1) is 0 Å². The van der Waals surface area contributed by atoms with Crippen molar-refractivity contribution in [1.29, 1.82) is 0 Å². The van der Waals surface area contributed by atoms with E-state index in [1.54, 1.807) is 13.2 Å². The van der Waals surface area contributed by atoms with Gasteiger partial charge in [0, 0.05) is 0 Å². The van der Waals surface area contributed by atoms with Crippen LogP contribution in [0.4, 0.5) is 14.5 Å². The van der Waals surface area contributed by atoms with Gasteiger partial charge in [-0.15, -0.1) is 0 Å². The number of nitrogens with one attached hydrogen (secondary N) is 1. The van der Waals surface area contributed by atoms with Gasteiger partial charge in [0.2, 0.25) is 5.91 Å².